The van der Waals surface area contributed by atoms with Gasteiger partial charge >= 0.3 is 0 Å². The third-order valence-electron chi connectivity index (χ3n) is 2.88. The maximum atomic E-state index is 5.03. The zero-order valence-corrected chi connectivity index (χ0v) is 12.6. The van der Waals surface area contributed by atoms with Crippen molar-refractivity contribution < 1.29 is 4.74 Å². The average molecular weight is 324 g/mol. The van der Waals surface area contributed by atoms with Gasteiger partial charge in [-0.25, -0.2) is 0 Å². The van der Waals surface area contributed by atoms with Crippen LogP contribution in [-0.2, 0) is 4.74 Å². The molecule has 0 aromatic carbocycles. The van der Waals surface area contributed by atoms with Crippen LogP contribution in [0, 0.1) is 0 Å². The first-order chi connectivity index (χ1) is 9.31. The van der Waals surface area contributed by atoms with E-state index < -0.39 is 0 Å². The van der Waals surface area contributed by atoms with Gasteiger partial charge in [-0.05, 0) is 47.3 Å². The largest absolute Gasteiger partial charge is 0.385 e. The van der Waals surface area contributed by atoms with Gasteiger partial charge in [0.1, 0.15) is 5.52 Å². The molecule has 4 nitrogen and oxygen atoms in total. The minimum Gasteiger partial charge on any atom is -0.385 e. The monoisotopic (exact) mass is 323 g/mol. The maximum absolute atomic E-state index is 5.03. The molecule has 102 valence electrons. The van der Waals surface area contributed by atoms with Crippen LogP contribution < -0.4 is 5.32 Å². The molecule has 0 aliphatic rings. The molecule has 2 rings (SSSR count). The summed E-state index contributed by atoms with van der Waals surface area (Å²) in [4.78, 5) is 8.74. The highest BCUT2D eigenvalue weighted by Crippen LogP contribution is 2.21. The number of fused-ring (bicyclic) bond motifs is 1. The van der Waals surface area contributed by atoms with Gasteiger partial charge < -0.3 is 10.1 Å². The molecular weight excluding hydrogens is 306 g/mol. The third kappa shape index (κ3) is 4.14. The number of hydrogen-bond donors (Lipinski definition) is 1. The van der Waals surface area contributed by atoms with Crippen molar-refractivity contribution in [3.63, 3.8) is 0 Å². The van der Waals surface area contributed by atoms with E-state index in [-0.39, 0.29) is 0 Å². The second-order valence-corrected chi connectivity index (χ2v) is 5.28. The minimum absolute atomic E-state index is 0.841. The second-order valence-electron chi connectivity index (χ2n) is 4.36. The molecule has 5 heteroatoms. The zero-order chi connectivity index (χ0) is 13.5. The minimum atomic E-state index is 0.841. The lowest BCUT2D eigenvalue weighted by Gasteiger charge is -2.08. The van der Waals surface area contributed by atoms with Crippen LogP contribution in [0.25, 0.3) is 11.0 Å². The predicted octanol–water partition coefficient (Wildman–Crippen LogP) is 3.62. The standard InChI is InChI=1S/C14H18BrN3O/c1-19-8-4-2-3-6-16-12-5-7-17-13-9-11(15)10-18-14(12)13/h5,7,9-10H,2-4,6,8H2,1H3,(H,16,17). The van der Waals surface area contributed by atoms with E-state index >= 15 is 0 Å². The van der Waals surface area contributed by atoms with E-state index in [1.54, 1.807) is 13.3 Å². The Labute approximate surface area is 121 Å². The summed E-state index contributed by atoms with van der Waals surface area (Å²) < 4.78 is 5.98. The smallest absolute Gasteiger partial charge is 0.112 e. The Balaban J connectivity index is 1.93. The van der Waals surface area contributed by atoms with Crippen LogP contribution in [0.5, 0.6) is 0 Å². The van der Waals surface area contributed by atoms with Gasteiger partial charge in [-0.3, -0.25) is 9.97 Å². The van der Waals surface area contributed by atoms with Crippen LogP contribution in [-0.4, -0.2) is 30.2 Å². The van der Waals surface area contributed by atoms with Gasteiger partial charge in [-0.2, -0.15) is 0 Å². The van der Waals surface area contributed by atoms with Gasteiger partial charge in [0.25, 0.3) is 0 Å². The van der Waals surface area contributed by atoms with E-state index in [0.717, 1.165) is 47.2 Å². The molecule has 0 aliphatic carbocycles. The molecule has 0 bridgehead atoms. The molecule has 1 N–H and O–H groups in total. The molecule has 0 saturated heterocycles. The molecule has 0 unspecified atom stereocenters. The van der Waals surface area contributed by atoms with Crippen molar-refractivity contribution in [2.24, 2.45) is 0 Å². The fourth-order valence-corrected chi connectivity index (χ4v) is 2.24. The third-order valence-corrected chi connectivity index (χ3v) is 3.32. The van der Waals surface area contributed by atoms with Gasteiger partial charge in [0.05, 0.1) is 11.2 Å². The van der Waals surface area contributed by atoms with Crippen molar-refractivity contribution in [3.8, 4) is 0 Å². The number of pyridine rings is 2. The van der Waals surface area contributed by atoms with Gasteiger partial charge in [0, 0.05) is 37.1 Å². The average Bonchev–Trinajstić information content (AvgIpc) is 2.42. The number of halogens is 1. The summed E-state index contributed by atoms with van der Waals surface area (Å²) in [7, 11) is 1.74. The van der Waals surface area contributed by atoms with E-state index in [1.807, 2.05) is 18.3 Å². The first kappa shape index (κ1) is 14.2. The maximum Gasteiger partial charge on any atom is 0.112 e. The van der Waals surface area contributed by atoms with Gasteiger partial charge in [-0.15, -0.1) is 0 Å². The quantitative estimate of drug-likeness (QED) is 0.790. The normalized spacial score (nSPS) is 10.8. The summed E-state index contributed by atoms with van der Waals surface area (Å²) >= 11 is 3.41. The number of rotatable bonds is 7. The van der Waals surface area contributed by atoms with Gasteiger partial charge in [0.15, 0.2) is 0 Å². The topological polar surface area (TPSA) is 47.0 Å². The molecule has 0 radical (unpaired) electrons. The molecule has 2 aromatic rings. The van der Waals surface area contributed by atoms with Crippen molar-refractivity contribution in [3.05, 3.63) is 29.0 Å². The summed E-state index contributed by atoms with van der Waals surface area (Å²) in [5.74, 6) is 0. The lowest BCUT2D eigenvalue weighted by atomic mass is 10.2. The Bertz CT molecular complexity index is 533. The zero-order valence-electron chi connectivity index (χ0n) is 11.0. The summed E-state index contributed by atoms with van der Waals surface area (Å²) in [6.07, 6.45) is 7.02. The Morgan fingerprint density at radius 1 is 1.26 bits per heavy atom. The number of ether oxygens (including phenoxy) is 1. The van der Waals surface area contributed by atoms with Crippen LogP contribution in [0.15, 0.2) is 29.0 Å². The first-order valence-corrected chi connectivity index (χ1v) is 7.23. The molecule has 0 fully saturated rings. The highest BCUT2D eigenvalue weighted by Gasteiger charge is 2.03. The van der Waals surface area contributed by atoms with Crippen LogP contribution in [0.1, 0.15) is 19.3 Å². The summed E-state index contributed by atoms with van der Waals surface area (Å²) in [6, 6.07) is 3.95. The number of methoxy groups -OCH3 is 1. The van der Waals surface area contributed by atoms with E-state index in [1.165, 1.54) is 6.42 Å². The molecule has 0 saturated carbocycles. The van der Waals surface area contributed by atoms with Gasteiger partial charge in [0.2, 0.25) is 0 Å². The molecule has 0 spiro atoms. The van der Waals surface area contributed by atoms with Crippen molar-refractivity contribution >= 4 is 32.7 Å². The fourth-order valence-electron chi connectivity index (χ4n) is 1.92. The van der Waals surface area contributed by atoms with Crippen LogP contribution in [0.3, 0.4) is 0 Å². The Morgan fingerprint density at radius 2 is 2.16 bits per heavy atom. The first-order valence-electron chi connectivity index (χ1n) is 6.44. The fraction of sp³-hybridized carbons (Fsp3) is 0.429. The highest BCUT2D eigenvalue weighted by molar-refractivity contribution is 9.10. The predicted molar refractivity (Wildman–Crippen MR) is 81.5 cm³/mol. The molecule has 19 heavy (non-hydrogen) atoms. The van der Waals surface area contributed by atoms with Crippen molar-refractivity contribution in [1.29, 1.82) is 0 Å². The summed E-state index contributed by atoms with van der Waals surface area (Å²) in [5, 5.41) is 3.43. The lowest BCUT2D eigenvalue weighted by Crippen LogP contribution is -2.03. The van der Waals surface area contributed by atoms with Gasteiger partial charge in [-0.1, -0.05) is 0 Å². The Kier molecular flexibility index (Phi) is 5.54. The van der Waals surface area contributed by atoms with Crippen molar-refractivity contribution in [2.75, 3.05) is 25.6 Å². The Hall–Kier alpha value is -1.20. The number of anilines is 1. The van der Waals surface area contributed by atoms with E-state index in [2.05, 4.69) is 31.2 Å². The van der Waals surface area contributed by atoms with E-state index in [4.69, 9.17) is 4.74 Å². The lowest BCUT2D eigenvalue weighted by molar-refractivity contribution is 0.192. The molecule has 2 aromatic heterocycles. The second kappa shape index (κ2) is 7.40. The summed E-state index contributed by atoms with van der Waals surface area (Å²) in [6.45, 7) is 1.79. The Morgan fingerprint density at radius 3 is 3.00 bits per heavy atom. The highest BCUT2D eigenvalue weighted by atomic mass is 79.9. The van der Waals surface area contributed by atoms with Crippen LogP contribution in [0.4, 0.5) is 5.69 Å². The number of nitrogens with one attached hydrogen (secondary N) is 1. The summed E-state index contributed by atoms with van der Waals surface area (Å²) in [5.41, 5.74) is 2.87. The number of unbranched alkanes of at least 4 members (excludes halogenated alkanes) is 2. The molecule has 2 heterocycles. The van der Waals surface area contributed by atoms with E-state index in [9.17, 15) is 0 Å². The molecule has 0 aliphatic heterocycles. The van der Waals surface area contributed by atoms with Crippen LogP contribution >= 0.6 is 15.9 Å². The van der Waals surface area contributed by atoms with Crippen molar-refractivity contribution in [1.82, 2.24) is 9.97 Å². The van der Waals surface area contributed by atoms with Crippen molar-refractivity contribution in [2.45, 2.75) is 19.3 Å². The molecular formula is C14H18BrN3O. The number of hydrogen-bond acceptors (Lipinski definition) is 4. The van der Waals surface area contributed by atoms with Crippen LogP contribution in [0.2, 0.25) is 0 Å². The van der Waals surface area contributed by atoms with E-state index in [0.29, 0.717) is 0 Å². The number of nitrogens with zero attached hydrogens (tertiary/aromatic N) is 2. The number of aromatic nitrogens is 2. The molecule has 0 amide bonds. The molecule has 0 atom stereocenters. The SMILES string of the molecule is COCCCCCNc1ccnc2cc(Br)cnc12.